The van der Waals surface area contributed by atoms with Gasteiger partial charge in [-0.15, -0.1) is 0 Å². The number of anilines is 1. The lowest BCUT2D eigenvalue weighted by Gasteiger charge is -2.30. The van der Waals surface area contributed by atoms with Crippen LogP contribution < -0.4 is 15.8 Å². The van der Waals surface area contributed by atoms with Crippen molar-refractivity contribution in [2.24, 2.45) is 5.41 Å². The Balaban J connectivity index is 1.93. The first-order valence-electron chi connectivity index (χ1n) is 9.61. The number of imidazole rings is 1. The summed E-state index contributed by atoms with van der Waals surface area (Å²) in [5, 5.41) is 11.2. The van der Waals surface area contributed by atoms with Crippen molar-refractivity contribution in [1.29, 1.82) is 0 Å². The number of ether oxygens (including phenoxy) is 1. The Morgan fingerprint density at radius 2 is 2.03 bits per heavy atom. The van der Waals surface area contributed by atoms with E-state index in [1.807, 2.05) is 49.6 Å². The van der Waals surface area contributed by atoms with Crippen LogP contribution in [0.5, 0.6) is 6.01 Å². The number of amides is 1. The summed E-state index contributed by atoms with van der Waals surface area (Å²) in [5.41, 5.74) is 7.97. The molecular formula is C20H24Br2N6O3. The van der Waals surface area contributed by atoms with Crippen molar-refractivity contribution < 1.29 is 14.6 Å². The summed E-state index contributed by atoms with van der Waals surface area (Å²) in [7, 11) is 0. The zero-order valence-electron chi connectivity index (χ0n) is 17.4. The van der Waals surface area contributed by atoms with Crippen LogP contribution in [0.2, 0.25) is 0 Å². The SMILES string of the molecule is CC(C)(C)C(CCNC(=O)O)Oc1nc(N)c2nc(Br)n(Cc3cccc(Br)c3)c2n1. The second kappa shape index (κ2) is 9.39. The Labute approximate surface area is 196 Å². The van der Waals surface area contributed by atoms with Crippen molar-refractivity contribution in [2.75, 3.05) is 12.3 Å². The maximum atomic E-state index is 10.8. The molecule has 9 nitrogen and oxygen atoms in total. The highest BCUT2D eigenvalue weighted by Crippen LogP contribution is 2.29. The number of halogens is 2. The highest BCUT2D eigenvalue weighted by atomic mass is 79.9. The zero-order chi connectivity index (χ0) is 22.8. The molecule has 0 saturated carbocycles. The molecule has 11 heteroatoms. The van der Waals surface area contributed by atoms with Gasteiger partial charge in [0.2, 0.25) is 0 Å². The first-order chi connectivity index (χ1) is 14.5. The number of rotatable bonds is 7. The standard InChI is InChI=1S/C20H24Br2N6O3/c1-20(2,3)13(7-8-24-19(29)30)31-18-26-15(23)14-16(27-18)28(17(22)25-14)10-11-5-4-6-12(21)9-11/h4-6,9,13,24H,7-8,10H2,1-3H3,(H,29,30)(H2,23,26,27). The molecular weight excluding hydrogens is 532 g/mol. The van der Waals surface area contributed by atoms with Gasteiger partial charge in [-0.05, 0) is 39.0 Å². The molecule has 4 N–H and O–H groups in total. The molecule has 0 aliphatic rings. The molecule has 0 fully saturated rings. The van der Waals surface area contributed by atoms with Crippen LogP contribution in [-0.2, 0) is 6.54 Å². The fourth-order valence-electron chi connectivity index (χ4n) is 3.09. The minimum Gasteiger partial charge on any atom is -0.465 e. The van der Waals surface area contributed by atoms with Crippen molar-refractivity contribution in [2.45, 2.75) is 39.8 Å². The predicted molar refractivity (Wildman–Crippen MR) is 125 cm³/mol. The number of carbonyl (C=O) groups is 1. The molecule has 3 rings (SSSR count). The Hall–Kier alpha value is -2.40. The van der Waals surface area contributed by atoms with Gasteiger partial charge in [0.05, 0.1) is 6.54 Å². The van der Waals surface area contributed by atoms with E-state index < -0.39 is 6.09 Å². The van der Waals surface area contributed by atoms with Gasteiger partial charge < -0.3 is 20.9 Å². The second-order valence-corrected chi connectivity index (χ2v) is 9.78. The fraction of sp³-hybridized carbons (Fsp3) is 0.400. The summed E-state index contributed by atoms with van der Waals surface area (Å²) in [6, 6.07) is 8.08. The highest BCUT2D eigenvalue weighted by Gasteiger charge is 2.28. The molecule has 166 valence electrons. The normalized spacial score (nSPS) is 12.7. The van der Waals surface area contributed by atoms with Gasteiger partial charge in [0.25, 0.3) is 0 Å². The summed E-state index contributed by atoms with van der Waals surface area (Å²) in [4.78, 5) is 24.1. The van der Waals surface area contributed by atoms with Gasteiger partial charge in [0.15, 0.2) is 21.7 Å². The van der Waals surface area contributed by atoms with E-state index >= 15 is 0 Å². The molecule has 0 spiro atoms. The number of fused-ring (bicyclic) bond motifs is 1. The van der Waals surface area contributed by atoms with E-state index in [0.29, 0.717) is 28.9 Å². The first-order valence-corrected chi connectivity index (χ1v) is 11.2. The monoisotopic (exact) mass is 554 g/mol. The number of nitrogens with one attached hydrogen (secondary N) is 1. The van der Waals surface area contributed by atoms with E-state index in [1.54, 1.807) is 0 Å². The van der Waals surface area contributed by atoms with E-state index in [-0.39, 0.29) is 29.9 Å². The van der Waals surface area contributed by atoms with Gasteiger partial charge in [0.1, 0.15) is 6.10 Å². The van der Waals surface area contributed by atoms with Crippen LogP contribution >= 0.6 is 31.9 Å². The van der Waals surface area contributed by atoms with Gasteiger partial charge in [-0.3, -0.25) is 4.57 Å². The maximum Gasteiger partial charge on any atom is 0.404 e. The number of hydrogen-bond donors (Lipinski definition) is 3. The lowest BCUT2D eigenvalue weighted by atomic mass is 9.87. The van der Waals surface area contributed by atoms with E-state index in [9.17, 15) is 4.79 Å². The number of benzene rings is 1. The third-order valence-electron chi connectivity index (χ3n) is 4.68. The largest absolute Gasteiger partial charge is 0.465 e. The number of hydrogen-bond acceptors (Lipinski definition) is 6. The van der Waals surface area contributed by atoms with Crippen molar-refractivity contribution >= 4 is 54.9 Å². The zero-order valence-corrected chi connectivity index (χ0v) is 20.6. The van der Waals surface area contributed by atoms with Crippen LogP contribution in [0.25, 0.3) is 11.2 Å². The second-order valence-electron chi connectivity index (χ2n) is 8.15. The van der Waals surface area contributed by atoms with E-state index in [4.69, 9.17) is 15.6 Å². The van der Waals surface area contributed by atoms with Crippen molar-refractivity contribution in [3.05, 3.63) is 39.0 Å². The first kappa shape index (κ1) is 23.3. The number of carboxylic acid groups (broad SMARTS) is 1. The summed E-state index contributed by atoms with van der Waals surface area (Å²) in [6.07, 6.45) is -0.949. The molecule has 0 aliphatic heterocycles. The number of nitrogen functional groups attached to an aromatic ring is 1. The summed E-state index contributed by atoms with van der Waals surface area (Å²) in [6.45, 7) is 6.80. The quantitative estimate of drug-likeness (QED) is 0.368. The topological polar surface area (TPSA) is 128 Å². The third-order valence-corrected chi connectivity index (χ3v) is 5.78. The summed E-state index contributed by atoms with van der Waals surface area (Å²) in [5.74, 6) is 0.213. The third kappa shape index (κ3) is 5.85. The minimum atomic E-state index is -1.07. The average molecular weight is 556 g/mol. The number of nitrogens with zero attached hydrogens (tertiary/aromatic N) is 4. The molecule has 0 aliphatic carbocycles. The molecule has 31 heavy (non-hydrogen) atoms. The Morgan fingerprint density at radius 1 is 1.29 bits per heavy atom. The molecule has 0 saturated heterocycles. The van der Waals surface area contributed by atoms with E-state index in [1.165, 1.54) is 0 Å². The minimum absolute atomic E-state index is 0.128. The molecule has 1 amide bonds. The molecule has 1 unspecified atom stereocenters. The highest BCUT2D eigenvalue weighted by molar-refractivity contribution is 9.10. The molecule has 2 heterocycles. The molecule has 2 aromatic heterocycles. The van der Waals surface area contributed by atoms with Crippen LogP contribution in [-0.4, -0.2) is 43.4 Å². The lowest BCUT2D eigenvalue weighted by molar-refractivity contribution is 0.0700. The van der Waals surface area contributed by atoms with E-state index in [2.05, 4.69) is 52.1 Å². The van der Waals surface area contributed by atoms with Gasteiger partial charge in [-0.25, -0.2) is 9.78 Å². The van der Waals surface area contributed by atoms with Crippen LogP contribution in [0, 0.1) is 5.41 Å². The Bertz CT molecular complexity index is 1100. The molecule has 0 radical (unpaired) electrons. The maximum absolute atomic E-state index is 10.8. The van der Waals surface area contributed by atoms with Crippen molar-refractivity contribution in [3.63, 3.8) is 0 Å². The summed E-state index contributed by atoms with van der Waals surface area (Å²) >= 11 is 6.98. The molecule has 1 atom stereocenters. The van der Waals surface area contributed by atoms with Crippen LogP contribution in [0.3, 0.4) is 0 Å². The predicted octanol–water partition coefficient (Wildman–Crippen LogP) is 4.43. The van der Waals surface area contributed by atoms with Gasteiger partial charge in [-0.1, -0.05) is 48.8 Å². The van der Waals surface area contributed by atoms with Gasteiger partial charge in [0, 0.05) is 17.4 Å². The van der Waals surface area contributed by atoms with Crippen molar-refractivity contribution in [1.82, 2.24) is 24.8 Å². The molecule has 0 bridgehead atoms. The lowest BCUT2D eigenvalue weighted by Crippen LogP contribution is -2.36. The molecule has 1 aromatic carbocycles. The van der Waals surface area contributed by atoms with Gasteiger partial charge >= 0.3 is 12.1 Å². The summed E-state index contributed by atoms with van der Waals surface area (Å²) < 4.78 is 9.53. The smallest absolute Gasteiger partial charge is 0.404 e. The van der Waals surface area contributed by atoms with Gasteiger partial charge in [-0.2, -0.15) is 9.97 Å². The Kier molecular flexibility index (Phi) is 7.05. The number of aromatic nitrogens is 4. The number of nitrogens with two attached hydrogens (primary N) is 1. The van der Waals surface area contributed by atoms with E-state index in [0.717, 1.165) is 10.0 Å². The van der Waals surface area contributed by atoms with Crippen molar-refractivity contribution in [3.8, 4) is 6.01 Å². The van der Waals surface area contributed by atoms with Crippen LogP contribution in [0.15, 0.2) is 33.5 Å². The van der Waals surface area contributed by atoms with Crippen LogP contribution in [0.4, 0.5) is 10.6 Å². The average Bonchev–Trinajstić information content (AvgIpc) is 2.96. The fourth-order valence-corrected chi connectivity index (χ4v) is 4.01. The molecule has 3 aromatic rings. The Morgan fingerprint density at radius 3 is 2.68 bits per heavy atom. The van der Waals surface area contributed by atoms with Crippen LogP contribution in [0.1, 0.15) is 32.8 Å².